The van der Waals surface area contributed by atoms with Gasteiger partial charge in [-0.05, 0) is 31.4 Å². The molecule has 0 radical (unpaired) electrons. The van der Waals surface area contributed by atoms with E-state index in [1.165, 1.54) is 13.1 Å². The minimum absolute atomic E-state index is 0.0591. The number of alkyl halides is 3. The monoisotopic (exact) mass is 428 g/mol. The van der Waals surface area contributed by atoms with Crippen molar-refractivity contribution >= 4 is 16.0 Å². The quantitative estimate of drug-likeness (QED) is 0.428. The van der Waals surface area contributed by atoms with Crippen LogP contribution in [-0.4, -0.2) is 56.9 Å². The molecule has 158 valence electrons. The van der Waals surface area contributed by atoms with Gasteiger partial charge in [0.1, 0.15) is 11.6 Å². The maximum atomic E-state index is 13.6. The first-order valence-electron chi connectivity index (χ1n) is 8.52. The largest absolute Gasteiger partial charge is 0.511 e. The molecule has 1 saturated heterocycles. The van der Waals surface area contributed by atoms with Gasteiger partial charge in [-0.25, -0.2) is 17.2 Å². The van der Waals surface area contributed by atoms with Crippen LogP contribution in [0.3, 0.4) is 0 Å². The maximum absolute atomic E-state index is 13.6. The van der Waals surface area contributed by atoms with Crippen molar-refractivity contribution in [1.82, 2.24) is 14.9 Å². The van der Waals surface area contributed by atoms with Crippen molar-refractivity contribution in [1.29, 1.82) is 0 Å². The molecular weight excluding hydrogens is 407 g/mol. The lowest BCUT2D eigenvalue weighted by molar-refractivity contribution is -0.0494. The molecule has 1 aliphatic rings. The van der Waals surface area contributed by atoms with E-state index in [9.17, 15) is 30.4 Å². The van der Waals surface area contributed by atoms with Crippen LogP contribution >= 0.6 is 0 Å². The summed E-state index contributed by atoms with van der Waals surface area (Å²) in [6.45, 7) is -0.354. The summed E-state index contributed by atoms with van der Waals surface area (Å²) >= 11 is 0. The number of sulfonamides is 1. The molecule has 1 aliphatic heterocycles. The first-order valence-corrected chi connectivity index (χ1v) is 9.96. The van der Waals surface area contributed by atoms with E-state index in [1.807, 2.05) is 0 Å². The number of aliphatic imine (C=N–C) groups is 1. The first kappa shape index (κ1) is 22.3. The third-order valence-electron chi connectivity index (χ3n) is 4.38. The molecule has 1 aromatic carbocycles. The van der Waals surface area contributed by atoms with Crippen molar-refractivity contribution in [2.24, 2.45) is 4.99 Å². The van der Waals surface area contributed by atoms with Gasteiger partial charge in [0.25, 0.3) is 0 Å². The SMILES string of the molecule is CN=C(NCCc1c(F)cccc1F)NC1CCN(S(=O)(=O)C(F)(F)F)CC1. The van der Waals surface area contributed by atoms with Gasteiger partial charge < -0.3 is 10.6 Å². The van der Waals surface area contributed by atoms with Gasteiger partial charge >= 0.3 is 15.5 Å². The summed E-state index contributed by atoms with van der Waals surface area (Å²) in [5.74, 6) is -0.986. The Morgan fingerprint density at radius 2 is 1.79 bits per heavy atom. The Morgan fingerprint density at radius 3 is 2.29 bits per heavy atom. The fraction of sp³-hybridized carbons (Fsp3) is 0.562. The van der Waals surface area contributed by atoms with Crippen LogP contribution in [-0.2, 0) is 16.4 Å². The van der Waals surface area contributed by atoms with Crippen LogP contribution in [0.25, 0.3) is 0 Å². The standard InChI is InChI=1S/C16H21F5N4O2S/c1-22-15(23-8-5-12-13(17)3-2-4-14(12)18)24-11-6-9-25(10-7-11)28(26,27)16(19,20)21/h2-4,11H,5-10H2,1H3,(H2,22,23,24). The zero-order valence-corrected chi connectivity index (χ0v) is 15.9. The molecule has 0 bridgehead atoms. The van der Waals surface area contributed by atoms with E-state index < -0.39 is 27.2 Å². The average Bonchev–Trinajstić information content (AvgIpc) is 2.62. The summed E-state index contributed by atoms with van der Waals surface area (Å²) in [5, 5.41) is 5.86. The Balaban J connectivity index is 1.83. The Morgan fingerprint density at radius 1 is 1.21 bits per heavy atom. The Labute approximate surface area is 159 Å². The molecule has 12 heteroatoms. The van der Waals surface area contributed by atoms with Crippen LogP contribution in [0, 0.1) is 11.6 Å². The summed E-state index contributed by atoms with van der Waals surface area (Å²) < 4.78 is 88.2. The number of piperidine rings is 1. The second kappa shape index (κ2) is 9.03. The zero-order chi connectivity index (χ0) is 20.9. The summed E-state index contributed by atoms with van der Waals surface area (Å²) in [5.41, 5.74) is -5.37. The summed E-state index contributed by atoms with van der Waals surface area (Å²) in [6.07, 6.45) is 0.400. The van der Waals surface area contributed by atoms with Crippen molar-refractivity contribution in [2.45, 2.75) is 30.8 Å². The van der Waals surface area contributed by atoms with Gasteiger partial charge in [0.2, 0.25) is 0 Å². The molecule has 0 saturated carbocycles. The number of rotatable bonds is 5. The van der Waals surface area contributed by atoms with E-state index in [1.54, 1.807) is 0 Å². The van der Waals surface area contributed by atoms with E-state index in [0.717, 1.165) is 12.1 Å². The van der Waals surface area contributed by atoms with Gasteiger partial charge in [-0.1, -0.05) is 6.07 Å². The third kappa shape index (κ3) is 5.31. The molecule has 1 fully saturated rings. The lowest BCUT2D eigenvalue weighted by Gasteiger charge is -2.32. The summed E-state index contributed by atoms with van der Waals surface area (Å²) in [7, 11) is -3.85. The van der Waals surface area contributed by atoms with Gasteiger partial charge in [0, 0.05) is 38.3 Å². The Bertz CT molecular complexity index is 785. The molecule has 0 unspecified atom stereocenters. The van der Waals surface area contributed by atoms with E-state index in [4.69, 9.17) is 0 Å². The number of halogens is 5. The van der Waals surface area contributed by atoms with Gasteiger partial charge in [0.05, 0.1) is 0 Å². The second-order valence-corrected chi connectivity index (χ2v) is 8.15. The van der Waals surface area contributed by atoms with Gasteiger partial charge in [-0.3, -0.25) is 4.99 Å². The Hall–Kier alpha value is -1.95. The molecule has 1 heterocycles. The van der Waals surface area contributed by atoms with Crippen molar-refractivity contribution in [3.8, 4) is 0 Å². The van der Waals surface area contributed by atoms with Crippen LogP contribution < -0.4 is 10.6 Å². The molecule has 0 atom stereocenters. The minimum atomic E-state index is -5.32. The highest BCUT2D eigenvalue weighted by molar-refractivity contribution is 7.90. The van der Waals surface area contributed by atoms with Crippen LogP contribution in [0.5, 0.6) is 0 Å². The lowest BCUT2D eigenvalue weighted by atomic mass is 10.1. The van der Waals surface area contributed by atoms with E-state index in [-0.39, 0.29) is 50.5 Å². The highest BCUT2D eigenvalue weighted by Crippen LogP contribution is 2.28. The molecule has 0 aromatic heterocycles. The number of nitrogens with zero attached hydrogens (tertiary/aromatic N) is 2. The van der Waals surface area contributed by atoms with Crippen LogP contribution in [0.1, 0.15) is 18.4 Å². The van der Waals surface area contributed by atoms with Crippen LogP contribution in [0.15, 0.2) is 23.2 Å². The van der Waals surface area contributed by atoms with Gasteiger partial charge in [-0.15, -0.1) is 0 Å². The number of hydrogen-bond acceptors (Lipinski definition) is 3. The van der Waals surface area contributed by atoms with E-state index >= 15 is 0 Å². The van der Waals surface area contributed by atoms with E-state index in [2.05, 4.69) is 15.6 Å². The summed E-state index contributed by atoms with van der Waals surface area (Å²) in [4.78, 5) is 3.96. The van der Waals surface area contributed by atoms with Gasteiger partial charge in [-0.2, -0.15) is 17.5 Å². The fourth-order valence-corrected chi connectivity index (χ4v) is 3.84. The molecule has 0 aliphatic carbocycles. The third-order valence-corrected chi connectivity index (χ3v) is 6.01. The normalized spacial score (nSPS) is 17.6. The van der Waals surface area contributed by atoms with E-state index in [0.29, 0.717) is 10.3 Å². The predicted molar refractivity (Wildman–Crippen MR) is 94.1 cm³/mol. The molecule has 0 spiro atoms. The second-order valence-electron chi connectivity index (χ2n) is 6.22. The Kier molecular flexibility index (Phi) is 7.21. The number of hydrogen-bond donors (Lipinski definition) is 2. The summed E-state index contributed by atoms with van der Waals surface area (Å²) in [6, 6.07) is 3.31. The van der Waals surface area contributed by atoms with Crippen molar-refractivity contribution < 1.29 is 30.4 Å². The minimum Gasteiger partial charge on any atom is -0.356 e. The molecule has 2 rings (SSSR count). The lowest BCUT2D eigenvalue weighted by Crippen LogP contribution is -2.51. The topological polar surface area (TPSA) is 73.8 Å². The predicted octanol–water partition coefficient (Wildman–Crippen LogP) is 1.99. The smallest absolute Gasteiger partial charge is 0.356 e. The molecular formula is C16H21F5N4O2S. The molecule has 6 nitrogen and oxygen atoms in total. The fourth-order valence-electron chi connectivity index (χ4n) is 2.85. The molecule has 28 heavy (non-hydrogen) atoms. The van der Waals surface area contributed by atoms with Crippen molar-refractivity contribution in [3.05, 3.63) is 35.4 Å². The number of benzene rings is 1. The molecule has 0 amide bonds. The highest BCUT2D eigenvalue weighted by atomic mass is 32.2. The van der Waals surface area contributed by atoms with Crippen molar-refractivity contribution in [3.63, 3.8) is 0 Å². The van der Waals surface area contributed by atoms with Crippen molar-refractivity contribution in [2.75, 3.05) is 26.7 Å². The first-order chi connectivity index (χ1) is 13.1. The maximum Gasteiger partial charge on any atom is 0.511 e. The van der Waals surface area contributed by atoms with Gasteiger partial charge in [0.15, 0.2) is 5.96 Å². The molecule has 1 aromatic rings. The average molecular weight is 428 g/mol. The highest BCUT2D eigenvalue weighted by Gasteiger charge is 2.50. The number of nitrogens with one attached hydrogen (secondary N) is 2. The zero-order valence-electron chi connectivity index (χ0n) is 15.1. The number of guanidine groups is 1. The van der Waals surface area contributed by atoms with Crippen LogP contribution in [0.2, 0.25) is 0 Å². The van der Waals surface area contributed by atoms with Crippen LogP contribution in [0.4, 0.5) is 22.0 Å². The molecule has 2 N–H and O–H groups in total.